The van der Waals surface area contributed by atoms with Gasteiger partial charge in [-0.2, -0.15) is 8.78 Å². The lowest BCUT2D eigenvalue weighted by atomic mass is 9.93. The van der Waals surface area contributed by atoms with Crippen LogP contribution >= 0.6 is 0 Å². The van der Waals surface area contributed by atoms with Gasteiger partial charge in [0, 0.05) is 12.1 Å². The third kappa shape index (κ3) is 3.49. The Kier molecular flexibility index (Phi) is 4.24. The van der Waals surface area contributed by atoms with Gasteiger partial charge in [0.25, 0.3) is 5.91 Å². The van der Waals surface area contributed by atoms with Crippen molar-refractivity contribution in [3.05, 3.63) is 35.9 Å². The molecule has 4 nitrogen and oxygen atoms in total. The molecule has 0 heterocycles. The number of carbonyl (C=O) groups excluding carboxylic acids is 1. The summed E-state index contributed by atoms with van der Waals surface area (Å²) in [5.74, 6) is -6.36. The molecule has 1 aromatic carbocycles. The second-order valence-corrected chi connectivity index (χ2v) is 4.81. The Morgan fingerprint density at radius 2 is 1.74 bits per heavy atom. The Bertz CT molecular complexity index is 472. The molecule has 6 heteroatoms. The van der Waals surface area contributed by atoms with Crippen molar-refractivity contribution in [3.8, 4) is 0 Å². The molecule has 104 valence electrons. The van der Waals surface area contributed by atoms with Crippen LogP contribution < -0.4 is 5.32 Å². The zero-order valence-corrected chi connectivity index (χ0v) is 10.6. The molecule has 0 fully saturated rings. The first-order valence-corrected chi connectivity index (χ1v) is 5.63. The Balaban J connectivity index is 2.76. The van der Waals surface area contributed by atoms with Gasteiger partial charge < -0.3 is 10.4 Å². The molecule has 2 N–H and O–H groups in total. The number of carboxylic acids is 1. The number of hydrogen-bond donors (Lipinski definition) is 2. The Morgan fingerprint density at radius 3 is 2.21 bits per heavy atom. The van der Waals surface area contributed by atoms with Crippen molar-refractivity contribution in [2.75, 3.05) is 6.54 Å². The Morgan fingerprint density at radius 1 is 1.21 bits per heavy atom. The average Bonchev–Trinajstić information content (AvgIpc) is 2.36. The summed E-state index contributed by atoms with van der Waals surface area (Å²) in [6.07, 6.45) is 0. The molecule has 0 saturated carbocycles. The Labute approximate surface area is 109 Å². The monoisotopic (exact) mass is 271 g/mol. The highest BCUT2D eigenvalue weighted by atomic mass is 19.3. The van der Waals surface area contributed by atoms with Gasteiger partial charge in [-0.05, 0) is 13.8 Å². The van der Waals surface area contributed by atoms with Gasteiger partial charge in [-0.1, -0.05) is 30.3 Å². The van der Waals surface area contributed by atoms with Crippen molar-refractivity contribution in [1.82, 2.24) is 5.32 Å². The fourth-order valence-electron chi connectivity index (χ4n) is 1.27. The van der Waals surface area contributed by atoms with Gasteiger partial charge in [0.05, 0.1) is 5.41 Å². The molecular weight excluding hydrogens is 256 g/mol. The van der Waals surface area contributed by atoms with Crippen molar-refractivity contribution < 1.29 is 23.5 Å². The van der Waals surface area contributed by atoms with E-state index in [0.29, 0.717) is 0 Å². The van der Waals surface area contributed by atoms with E-state index >= 15 is 0 Å². The molecule has 0 aliphatic carbocycles. The molecule has 0 atom stereocenters. The van der Waals surface area contributed by atoms with Crippen molar-refractivity contribution in [2.45, 2.75) is 19.8 Å². The van der Waals surface area contributed by atoms with E-state index in [9.17, 15) is 18.4 Å². The summed E-state index contributed by atoms with van der Waals surface area (Å²) >= 11 is 0. The first-order valence-electron chi connectivity index (χ1n) is 5.63. The lowest BCUT2D eigenvalue weighted by molar-refractivity contribution is -0.150. The first kappa shape index (κ1) is 15.1. The summed E-state index contributed by atoms with van der Waals surface area (Å²) in [5, 5.41) is 10.8. The maximum absolute atomic E-state index is 13.8. The molecule has 0 aromatic heterocycles. The van der Waals surface area contributed by atoms with E-state index in [1.165, 1.54) is 26.0 Å². The molecule has 0 unspecified atom stereocenters. The molecule has 0 aliphatic rings. The molecule has 1 rings (SSSR count). The lowest BCUT2D eigenvalue weighted by Gasteiger charge is -2.22. The van der Waals surface area contributed by atoms with Crippen LogP contribution in [0.1, 0.15) is 19.4 Å². The van der Waals surface area contributed by atoms with E-state index < -0.39 is 28.8 Å². The molecule has 0 spiro atoms. The summed E-state index contributed by atoms with van der Waals surface area (Å²) in [5.41, 5.74) is -1.73. The maximum Gasteiger partial charge on any atom is 0.349 e. The molecular formula is C13H15F2NO3. The normalized spacial score (nSPS) is 12.0. The van der Waals surface area contributed by atoms with E-state index in [1.807, 2.05) is 5.32 Å². The maximum atomic E-state index is 13.8. The molecule has 1 aromatic rings. The quantitative estimate of drug-likeness (QED) is 0.860. The van der Waals surface area contributed by atoms with Crippen LogP contribution in [0, 0.1) is 5.41 Å². The van der Waals surface area contributed by atoms with Crippen molar-refractivity contribution in [1.29, 1.82) is 0 Å². The molecule has 0 bridgehead atoms. The highest BCUT2D eigenvalue weighted by Crippen LogP contribution is 2.28. The summed E-state index contributed by atoms with van der Waals surface area (Å²) in [6.45, 7) is 2.32. The van der Waals surface area contributed by atoms with Crippen LogP contribution in [-0.2, 0) is 15.5 Å². The largest absolute Gasteiger partial charge is 0.481 e. The van der Waals surface area contributed by atoms with Crippen molar-refractivity contribution in [3.63, 3.8) is 0 Å². The summed E-state index contributed by atoms with van der Waals surface area (Å²) in [6, 6.07) is 6.64. The average molecular weight is 271 g/mol. The molecule has 0 radical (unpaired) electrons. The van der Waals surface area contributed by atoms with Gasteiger partial charge in [-0.25, -0.2) is 0 Å². The van der Waals surface area contributed by atoms with Crippen LogP contribution in [0.25, 0.3) is 0 Å². The van der Waals surface area contributed by atoms with Crippen molar-refractivity contribution >= 4 is 11.9 Å². The highest BCUT2D eigenvalue weighted by Gasteiger charge is 2.41. The number of nitrogens with one attached hydrogen (secondary N) is 1. The zero-order chi connectivity index (χ0) is 14.7. The highest BCUT2D eigenvalue weighted by molar-refractivity contribution is 5.85. The minimum atomic E-state index is -3.68. The van der Waals surface area contributed by atoms with Gasteiger partial charge in [0.1, 0.15) is 0 Å². The van der Waals surface area contributed by atoms with Gasteiger partial charge in [0.2, 0.25) is 0 Å². The number of carboxylic acid groups (broad SMARTS) is 1. The fraction of sp³-hybridized carbons (Fsp3) is 0.385. The predicted octanol–water partition coefficient (Wildman–Crippen LogP) is 2.01. The predicted molar refractivity (Wildman–Crippen MR) is 64.8 cm³/mol. The number of alkyl halides is 2. The Hall–Kier alpha value is -1.98. The van der Waals surface area contributed by atoms with Crippen LogP contribution in [0.4, 0.5) is 8.78 Å². The second kappa shape index (κ2) is 5.34. The van der Waals surface area contributed by atoms with E-state index in [1.54, 1.807) is 6.07 Å². The number of aliphatic carboxylic acids is 1. The third-order valence-electron chi connectivity index (χ3n) is 2.69. The first-order chi connectivity index (χ1) is 8.68. The summed E-state index contributed by atoms with van der Waals surface area (Å²) in [4.78, 5) is 22.3. The number of amides is 1. The van der Waals surface area contributed by atoms with Gasteiger partial charge in [0.15, 0.2) is 0 Å². The van der Waals surface area contributed by atoms with Crippen LogP contribution in [-0.4, -0.2) is 23.5 Å². The van der Waals surface area contributed by atoms with Gasteiger partial charge in [-0.3, -0.25) is 9.59 Å². The number of hydrogen-bond acceptors (Lipinski definition) is 2. The topological polar surface area (TPSA) is 66.4 Å². The van der Waals surface area contributed by atoms with Crippen LogP contribution in [0.5, 0.6) is 0 Å². The van der Waals surface area contributed by atoms with E-state index in [-0.39, 0.29) is 6.54 Å². The van der Waals surface area contributed by atoms with Crippen LogP contribution in [0.3, 0.4) is 0 Å². The number of halogens is 2. The van der Waals surface area contributed by atoms with Crippen molar-refractivity contribution in [2.24, 2.45) is 5.41 Å². The lowest BCUT2D eigenvalue weighted by Crippen LogP contribution is -2.44. The van der Waals surface area contributed by atoms with E-state index in [0.717, 1.165) is 12.1 Å². The molecule has 1 amide bonds. The van der Waals surface area contributed by atoms with Crippen LogP contribution in [0.2, 0.25) is 0 Å². The number of rotatable bonds is 5. The number of benzene rings is 1. The van der Waals surface area contributed by atoms with Gasteiger partial charge >= 0.3 is 11.9 Å². The smallest absolute Gasteiger partial charge is 0.349 e. The van der Waals surface area contributed by atoms with Gasteiger partial charge in [-0.15, -0.1) is 0 Å². The summed E-state index contributed by atoms with van der Waals surface area (Å²) in [7, 11) is 0. The molecule has 19 heavy (non-hydrogen) atoms. The molecule has 0 aliphatic heterocycles. The van der Waals surface area contributed by atoms with E-state index in [4.69, 9.17) is 5.11 Å². The van der Waals surface area contributed by atoms with Crippen LogP contribution in [0.15, 0.2) is 30.3 Å². The minimum Gasteiger partial charge on any atom is -0.481 e. The zero-order valence-electron chi connectivity index (χ0n) is 10.6. The van der Waals surface area contributed by atoms with E-state index in [2.05, 4.69) is 0 Å². The SMILES string of the molecule is CC(C)(CNC(=O)C(F)(F)c1ccccc1)C(=O)O. The standard InChI is InChI=1S/C13H15F2NO3/c1-12(2,11(18)19)8-16-10(17)13(14,15)9-6-4-3-5-7-9/h3-7H,8H2,1-2H3,(H,16,17)(H,18,19). The summed E-state index contributed by atoms with van der Waals surface area (Å²) < 4.78 is 27.5. The number of carbonyl (C=O) groups is 2. The second-order valence-electron chi connectivity index (χ2n) is 4.81. The fourth-order valence-corrected chi connectivity index (χ4v) is 1.27. The molecule has 0 saturated heterocycles. The third-order valence-corrected chi connectivity index (χ3v) is 2.69. The minimum absolute atomic E-state index is 0.371.